The molecular weight excluding hydrogens is 202 g/mol. The van der Waals surface area contributed by atoms with E-state index in [0.29, 0.717) is 0 Å². The van der Waals surface area contributed by atoms with Gasteiger partial charge >= 0.3 is 0 Å². The zero-order valence-electron chi connectivity index (χ0n) is 9.96. The predicted octanol–water partition coefficient (Wildman–Crippen LogP) is 2.77. The van der Waals surface area contributed by atoms with Crippen LogP contribution in [0.3, 0.4) is 0 Å². The van der Waals surface area contributed by atoms with Gasteiger partial charge in [0.1, 0.15) is 0 Å². The molecule has 0 aromatic rings. The van der Waals surface area contributed by atoms with Gasteiger partial charge in [0.05, 0.1) is 5.75 Å². The number of thioether (sulfide) groups is 1. The fourth-order valence-electron chi connectivity index (χ4n) is 2.51. The van der Waals surface area contributed by atoms with Crippen LogP contribution in [0, 0.1) is 24.2 Å². The second-order valence-electron chi connectivity index (χ2n) is 4.62. The van der Waals surface area contributed by atoms with E-state index in [9.17, 15) is 0 Å². The molecule has 86 valence electrons. The summed E-state index contributed by atoms with van der Waals surface area (Å²) in [7, 11) is 0. The van der Waals surface area contributed by atoms with Gasteiger partial charge in [0.2, 0.25) is 0 Å². The van der Waals surface area contributed by atoms with Crippen LogP contribution in [0.5, 0.6) is 0 Å². The van der Waals surface area contributed by atoms with Gasteiger partial charge < -0.3 is 5.32 Å². The van der Waals surface area contributed by atoms with Crippen molar-refractivity contribution in [3.05, 3.63) is 0 Å². The van der Waals surface area contributed by atoms with Crippen LogP contribution in [0.2, 0.25) is 0 Å². The van der Waals surface area contributed by atoms with Crippen LogP contribution in [0.25, 0.3) is 0 Å². The van der Waals surface area contributed by atoms with Gasteiger partial charge in [-0.15, -0.1) is 18.2 Å². The van der Waals surface area contributed by atoms with E-state index < -0.39 is 0 Å². The summed E-state index contributed by atoms with van der Waals surface area (Å²) < 4.78 is 0. The number of nitrogens with one attached hydrogen (secondary N) is 1. The Labute approximate surface area is 98.8 Å². The predicted molar refractivity (Wildman–Crippen MR) is 70.1 cm³/mol. The molecule has 0 aromatic carbocycles. The van der Waals surface area contributed by atoms with Crippen molar-refractivity contribution in [1.82, 2.24) is 5.32 Å². The molecule has 2 atom stereocenters. The fraction of sp³-hybridized carbons (Fsp3) is 0.846. The Morgan fingerprint density at radius 3 is 2.60 bits per heavy atom. The van der Waals surface area contributed by atoms with Gasteiger partial charge in [-0.1, -0.05) is 26.2 Å². The van der Waals surface area contributed by atoms with E-state index >= 15 is 0 Å². The molecule has 1 saturated carbocycles. The Hall–Kier alpha value is -0.130. The zero-order valence-corrected chi connectivity index (χ0v) is 10.8. The van der Waals surface area contributed by atoms with Crippen molar-refractivity contribution in [1.29, 1.82) is 0 Å². The summed E-state index contributed by atoms with van der Waals surface area (Å²) in [5, 5.41) is 3.69. The number of hydrogen-bond donors (Lipinski definition) is 1. The Balaban J connectivity index is 2.15. The van der Waals surface area contributed by atoms with Gasteiger partial charge in [-0.2, -0.15) is 0 Å². The first-order valence-electron chi connectivity index (χ1n) is 6.00. The number of hydrogen-bond acceptors (Lipinski definition) is 2. The first kappa shape index (κ1) is 12.9. The van der Waals surface area contributed by atoms with Crippen LogP contribution in [-0.4, -0.2) is 24.1 Å². The van der Waals surface area contributed by atoms with Gasteiger partial charge in [0, 0.05) is 18.3 Å². The lowest BCUT2D eigenvalue weighted by Gasteiger charge is -2.35. The van der Waals surface area contributed by atoms with Crippen molar-refractivity contribution in [3.8, 4) is 12.3 Å². The van der Waals surface area contributed by atoms with Crippen molar-refractivity contribution < 1.29 is 0 Å². The first-order valence-corrected chi connectivity index (χ1v) is 7.15. The van der Waals surface area contributed by atoms with E-state index in [2.05, 4.69) is 25.1 Å². The van der Waals surface area contributed by atoms with Crippen LogP contribution in [-0.2, 0) is 0 Å². The monoisotopic (exact) mass is 225 g/mol. The minimum absolute atomic E-state index is 0.727. The topological polar surface area (TPSA) is 12.0 Å². The quantitative estimate of drug-likeness (QED) is 0.570. The highest BCUT2D eigenvalue weighted by Crippen LogP contribution is 2.28. The highest BCUT2D eigenvalue weighted by molar-refractivity contribution is 7.99. The van der Waals surface area contributed by atoms with Crippen LogP contribution in [0.1, 0.15) is 33.1 Å². The molecular formula is C13H23NS. The number of terminal acetylenes is 1. The minimum atomic E-state index is 0.727. The number of rotatable bonds is 5. The molecule has 15 heavy (non-hydrogen) atoms. The average molecular weight is 225 g/mol. The molecule has 1 aliphatic rings. The summed E-state index contributed by atoms with van der Waals surface area (Å²) in [6.07, 6.45) is 9.39. The summed E-state index contributed by atoms with van der Waals surface area (Å²) >= 11 is 1.85. The first-order chi connectivity index (χ1) is 7.25. The molecule has 1 fully saturated rings. The van der Waals surface area contributed by atoms with Gasteiger partial charge in [-0.25, -0.2) is 0 Å². The smallest absolute Gasteiger partial charge is 0.0545 e. The van der Waals surface area contributed by atoms with Crippen LogP contribution in [0.15, 0.2) is 0 Å². The molecule has 1 nitrogen and oxygen atoms in total. The van der Waals surface area contributed by atoms with E-state index in [1.807, 2.05) is 11.8 Å². The molecule has 0 heterocycles. The maximum absolute atomic E-state index is 5.21. The van der Waals surface area contributed by atoms with Crippen LogP contribution < -0.4 is 5.32 Å². The minimum Gasteiger partial charge on any atom is -0.313 e. The molecule has 0 aliphatic heterocycles. The lowest BCUT2D eigenvalue weighted by Crippen LogP contribution is -2.43. The highest BCUT2D eigenvalue weighted by atomic mass is 32.2. The molecule has 0 aromatic heterocycles. The average Bonchev–Trinajstić information content (AvgIpc) is 2.21. The Kier molecular flexibility index (Phi) is 6.20. The summed E-state index contributed by atoms with van der Waals surface area (Å²) in [4.78, 5) is 0. The third-order valence-corrected chi connectivity index (χ3v) is 4.22. The third kappa shape index (κ3) is 4.49. The maximum Gasteiger partial charge on any atom is 0.0545 e. The zero-order chi connectivity index (χ0) is 11.1. The van der Waals surface area contributed by atoms with E-state index in [1.165, 1.54) is 19.3 Å². The van der Waals surface area contributed by atoms with E-state index in [4.69, 9.17) is 6.42 Å². The molecule has 1 rings (SSSR count). The lowest BCUT2D eigenvalue weighted by molar-refractivity contribution is 0.212. The van der Waals surface area contributed by atoms with Crippen molar-refractivity contribution >= 4 is 11.8 Å². The van der Waals surface area contributed by atoms with Crippen molar-refractivity contribution in [2.24, 2.45) is 11.8 Å². The Morgan fingerprint density at radius 2 is 2.00 bits per heavy atom. The SMILES string of the molecule is C#CCSCCNC1C(C)CCCC1C. The maximum atomic E-state index is 5.21. The normalized spacial score (nSPS) is 31.1. The molecule has 0 amide bonds. The second kappa shape index (κ2) is 7.19. The van der Waals surface area contributed by atoms with Gasteiger partial charge in [0.25, 0.3) is 0 Å². The molecule has 2 unspecified atom stereocenters. The molecule has 2 heteroatoms. The molecule has 0 saturated heterocycles. The lowest BCUT2D eigenvalue weighted by atomic mass is 9.79. The Morgan fingerprint density at radius 1 is 1.33 bits per heavy atom. The van der Waals surface area contributed by atoms with E-state index in [-0.39, 0.29) is 0 Å². The Bertz CT molecular complexity index is 199. The van der Waals surface area contributed by atoms with Crippen molar-refractivity contribution in [2.75, 3.05) is 18.1 Å². The summed E-state index contributed by atoms with van der Waals surface area (Å²) in [5.74, 6) is 6.32. The molecule has 0 radical (unpaired) electrons. The van der Waals surface area contributed by atoms with E-state index in [1.54, 1.807) is 0 Å². The molecule has 0 spiro atoms. The van der Waals surface area contributed by atoms with E-state index in [0.717, 1.165) is 35.9 Å². The van der Waals surface area contributed by atoms with Gasteiger partial charge in [-0.05, 0) is 24.7 Å². The van der Waals surface area contributed by atoms with Gasteiger partial charge in [0.15, 0.2) is 0 Å². The standard InChI is InChI=1S/C13H23NS/c1-4-9-15-10-8-14-13-11(2)6-5-7-12(13)3/h1,11-14H,5-10H2,2-3H3. The second-order valence-corrected chi connectivity index (χ2v) is 5.73. The van der Waals surface area contributed by atoms with Crippen molar-refractivity contribution in [2.45, 2.75) is 39.2 Å². The summed E-state index contributed by atoms with van der Waals surface area (Å²) in [5.41, 5.74) is 0. The molecule has 0 bridgehead atoms. The summed E-state index contributed by atoms with van der Waals surface area (Å²) in [6.45, 7) is 5.86. The molecule has 1 aliphatic carbocycles. The largest absolute Gasteiger partial charge is 0.313 e. The summed E-state index contributed by atoms with van der Waals surface area (Å²) in [6, 6.07) is 0.727. The fourth-order valence-corrected chi connectivity index (χ4v) is 3.04. The highest BCUT2D eigenvalue weighted by Gasteiger charge is 2.26. The van der Waals surface area contributed by atoms with Crippen LogP contribution >= 0.6 is 11.8 Å². The van der Waals surface area contributed by atoms with Gasteiger partial charge in [-0.3, -0.25) is 0 Å². The van der Waals surface area contributed by atoms with Crippen LogP contribution in [0.4, 0.5) is 0 Å². The third-order valence-electron chi connectivity index (χ3n) is 3.36. The van der Waals surface area contributed by atoms with Crippen molar-refractivity contribution in [3.63, 3.8) is 0 Å². The molecule has 1 N–H and O–H groups in total.